The first-order chi connectivity index (χ1) is 22.4. The van der Waals surface area contributed by atoms with Crippen molar-refractivity contribution in [3.05, 3.63) is 90.7 Å². The van der Waals surface area contributed by atoms with Gasteiger partial charge < -0.3 is 15.4 Å². The van der Waals surface area contributed by atoms with Crippen molar-refractivity contribution in [2.75, 3.05) is 20.2 Å². The van der Waals surface area contributed by atoms with E-state index >= 15 is 0 Å². The highest BCUT2D eigenvalue weighted by Crippen LogP contribution is 2.40. The summed E-state index contributed by atoms with van der Waals surface area (Å²) in [5, 5.41) is 7.35. The van der Waals surface area contributed by atoms with Gasteiger partial charge in [-0.05, 0) is 91.2 Å². The minimum absolute atomic E-state index is 0.0264. The van der Waals surface area contributed by atoms with Gasteiger partial charge in [0.2, 0.25) is 0 Å². The van der Waals surface area contributed by atoms with Gasteiger partial charge in [0.15, 0.2) is 0 Å². The Morgan fingerprint density at radius 3 is 2.34 bits per heavy atom. The Morgan fingerprint density at radius 1 is 1.02 bits per heavy atom. The number of benzene rings is 1. The number of rotatable bonds is 9. The summed E-state index contributed by atoms with van der Waals surface area (Å²) in [4.78, 5) is 14.1. The Hall–Kier alpha value is -3.29. The van der Waals surface area contributed by atoms with Crippen molar-refractivity contribution in [1.82, 2.24) is 10.6 Å². The summed E-state index contributed by atoms with van der Waals surface area (Å²) in [7, 11) is 1.70. The third kappa shape index (κ3) is 13.4. The van der Waals surface area contributed by atoms with Crippen LogP contribution in [0.15, 0.2) is 85.1 Å². The lowest BCUT2D eigenvalue weighted by molar-refractivity contribution is -0.124. The highest BCUT2D eigenvalue weighted by atomic mass is 16.5. The molecule has 0 spiro atoms. The van der Waals surface area contributed by atoms with Crippen molar-refractivity contribution in [3.63, 3.8) is 0 Å². The molecule has 0 saturated heterocycles. The van der Waals surface area contributed by atoms with Crippen molar-refractivity contribution in [1.29, 1.82) is 0 Å². The van der Waals surface area contributed by atoms with E-state index in [4.69, 9.17) is 4.74 Å². The number of allylic oxidation sites excluding steroid dienone is 5. The molecule has 1 aliphatic heterocycles. The van der Waals surface area contributed by atoms with Gasteiger partial charge in [0.05, 0.1) is 13.2 Å². The molecule has 7 atom stereocenters. The maximum atomic E-state index is 14.1. The summed E-state index contributed by atoms with van der Waals surface area (Å²) in [6.07, 6.45) is 27.9. The average molecular weight is 641 g/mol. The molecular formula is C43H64N2O2. The summed E-state index contributed by atoms with van der Waals surface area (Å²) < 4.78 is 5.36. The molecule has 0 radical (unpaired) electrons. The number of ether oxygens (including phenoxy) is 1. The molecule has 47 heavy (non-hydrogen) atoms. The van der Waals surface area contributed by atoms with E-state index in [1.807, 2.05) is 12.1 Å². The Morgan fingerprint density at radius 2 is 1.72 bits per heavy atom. The first kappa shape index (κ1) is 39.9. The Kier molecular flexibility index (Phi) is 17.1. The van der Waals surface area contributed by atoms with Crippen LogP contribution < -0.4 is 15.4 Å². The number of terminal acetylenes is 1. The zero-order valence-corrected chi connectivity index (χ0v) is 30.6. The lowest BCUT2D eigenvalue weighted by atomic mass is 9.69. The minimum atomic E-state index is 0.0264. The number of Topliss-reactive ketones (excluding diaryl/α,β-unsaturated/α-hetero) is 1. The number of ketones is 1. The molecule has 0 aromatic heterocycles. The first-order valence-electron chi connectivity index (χ1n) is 17.7. The average Bonchev–Trinajstić information content (AvgIpc) is 3.05. The van der Waals surface area contributed by atoms with Crippen LogP contribution in [-0.4, -0.2) is 32.0 Å². The molecule has 0 fully saturated rings. The fraction of sp³-hybridized carbons (Fsp3) is 0.558. The third-order valence-corrected chi connectivity index (χ3v) is 10.4. The zero-order valence-electron chi connectivity index (χ0n) is 30.6. The molecule has 1 heterocycles. The molecule has 2 N–H and O–H groups in total. The maximum absolute atomic E-state index is 14.1. The van der Waals surface area contributed by atoms with E-state index in [1.165, 1.54) is 5.56 Å². The minimum Gasteiger partial charge on any atom is -0.497 e. The van der Waals surface area contributed by atoms with Gasteiger partial charge >= 0.3 is 0 Å². The Labute approximate surface area is 288 Å². The zero-order chi connectivity index (χ0) is 35.0. The first-order valence-corrected chi connectivity index (χ1v) is 17.7. The van der Waals surface area contributed by atoms with Gasteiger partial charge in [0.25, 0.3) is 0 Å². The molecule has 3 rings (SSSR count). The summed E-state index contributed by atoms with van der Waals surface area (Å²) in [5.74, 6) is 3.30. The van der Waals surface area contributed by atoms with E-state index in [1.54, 1.807) is 7.11 Å². The molecule has 1 aliphatic carbocycles. The van der Waals surface area contributed by atoms with Gasteiger partial charge in [-0.15, -0.1) is 12.8 Å². The third-order valence-electron chi connectivity index (χ3n) is 10.4. The molecule has 0 amide bonds. The van der Waals surface area contributed by atoms with Crippen LogP contribution in [0, 0.1) is 53.8 Å². The van der Waals surface area contributed by atoms with Crippen molar-refractivity contribution in [2.24, 2.45) is 40.9 Å². The number of nitrogens with one attached hydrogen (secondary N) is 2. The topological polar surface area (TPSA) is 50.4 Å². The van der Waals surface area contributed by atoms with Crippen molar-refractivity contribution >= 4 is 5.78 Å². The number of hydrogen-bond donors (Lipinski definition) is 2. The fourth-order valence-corrected chi connectivity index (χ4v) is 7.07. The van der Waals surface area contributed by atoms with Gasteiger partial charge in [-0.3, -0.25) is 4.79 Å². The lowest BCUT2D eigenvalue weighted by Crippen LogP contribution is -2.39. The second-order valence-electron chi connectivity index (χ2n) is 14.8. The van der Waals surface area contributed by atoms with Crippen LogP contribution in [0.1, 0.15) is 85.6 Å². The van der Waals surface area contributed by atoms with E-state index < -0.39 is 0 Å². The normalized spacial score (nSPS) is 28.1. The Bertz CT molecular complexity index is 1240. The van der Waals surface area contributed by atoms with Crippen LogP contribution in [0.3, 0.4) is 0 Å². The van der Waals surface area contributed by atoms with Crippen LogP contribution in [0.2, 0.25) is 0 Å². The van der Waals surface area contributed by atoms with Gasteiger partial charge in [-0.25, -0.2) is 0 Å². The summed E-state index contributed by atoms with van der Waals surface area (Å²) in [6.45, 7) is 24.3. The fourth-order valence-electron chi connectivity index (χ4n) is 7.07. The molecule has 1 aromatic rings. The highest BCUT2D eigenvalue weighted by molar-refractivity contribution is 5.81. The molecule has 4 heteroatoms. The molecule has 0 bridgehead atoms. The second kappa shape index (κ2) is 20.2. The second-order valence-corrected chi connectivity index (χ2v) is 14.8. The molecule has 5 unspecified atom stereocenters. The largest absolute Gasteiger partial charge is 0.497 e. The quantitative estimate of drug-likeness (QED) is 0.209. The van der Waals surface area contributed by atoms with E-state index in [-0.39, 0.29) is 23.3 Å². The maximum Gasteiger partial charge on any atom is 0.136 e. The number of hydrogen-bond acceptors (Lipinski definition) is 4. The van der Waals surface area contributed by atoms with Gasteiger partial charge in [-0.1, -0.05) is 109 Å². The van der Waals surface area contributed by atoms with Crippen molar-refractivity contribution in [3.8, 4) is 18.6 Å². The van der Waals surface area contributed by atoms with Crippen LogP contribution >= 0.6 is 0 Å². The van der Waals surface area contributed by atoms with Crippen molar-refractivity contribution in [2.45, 2.75) is 92.5 Å². The lowest BCUT2D eigenvalue weighted by Gasteiger charge is -2.35. The monoisotopic (exact) mass is 640 g/mol. The summed E-state index contributed by atoms with van der Waals surface area (Å²) in [5.41, 5.74) is 3.57. The predicted octanol–water partition coefficient (Wildman–Crippen LogP) is 9.51. The smallest absolute Gasteiger partial charge is 0.136 e. The van der Waals surface area contributed by atoms with E-state index in [2.05, 4.69) is 127 Å². The van der Waals surface area contributed by atoms with Crippen LogP contribution in [0.5, 0.6) is 5.75 Å². The van der Waals surface area contributed by atoms with E-state index in [9.17, 15) is 4.79 Å². The molecular weight excluding hydrogens is 576 g/mol. The van der Waals surface area contributed by atoms with E-state index in [0.29, 0.717) is 35.9 Å². The van der Waals surface area contributed by atoms with Gasteiger partial charge in [0.1, 0.15) is 11.5 Å². The number of carbonyl (C=O) groups excluding carboxylic acids is 1. The SMILES string of the molecule is C#C.C=C1CC(CC(C)C)C(=O)C[C@H](C(C)C(C)CC2(C)C=CC=CC2)C/C=C/CN[C@H](Cc2ccc(OC)cc2)C(=C)NCC1C. The Balaban J connectivity index is 0.00000376. The summed E-state index contributed by atoms with van der Waals surface area (Å²) >= 11 is 0. The molecule has 1 aromatic carbocycles. The van der Waals surface area contributed by atoms with Crippen LogP contribution in [0.4, 0.5) is 0 Å². The van der Waals surface area contributed by atoms with E-state index in [0.717, 1.165) is 68.6 Å². The summed E-state index contributed by atoms with van der Waals surface area (Å²) in [6, 6.07) is 8.38. The van der Waals surface area contributed by atoms with Gasteiger partial charge in [0, 0.05) is 31.1 Å². The molecule has 258 valence electrons. The number of methoxy groups -OCH3 is 1. The van der Waals surface area contributed by atoms with Gasteiger partial charge in [-0.2, -0.15) is 0 Å². The standard InChI is InChI=1S/C41H62N2O2.C2H2/c1-29(2)23-37-24-30(3)32(5)28-43-34(7)39(25-35-16-18-38(45-9)19-17-35)42-22-14-11-15-36(26-40(37)44)33(6)31(4)27-41(8)20-12-10-13-21-41;1-2/h10-14,16-20,29,31-33,36-37,39,42-43H,3,7,15,21-28H2,1-2,4-6,8-9H3;1-2H/b14-11+;/t31?,32?,33?,36-,37?,39-,41?;/m1./s1. The highest BCUT2D eigenvalue weighted by Gasteiger charge is 2.32. The van der Waals surface area contributed by atoms with Crippen LogP contribution in [-0.2, 0) is 11.2 Å². The predicted molar refractivity (Wildman–Crippen MR) is 202 cm³/mol. The molecule has 2 aliphatic rings. The van der Waals surface area contributed by atoms with Crippen LogP contribution in [0.25, 0.3) is 0 Å². The molecule has 4 nitrogen and oxygen atoms in total. The van der Waals surface area contributed by atoms with Crippen molar-refractivity contribution < 1.29 is 9.53 Å². The number of carbonyl (C=O) groups is 1. The molecule has 0 saturated carbocycles.